The van der Waals surface area contributed by atoms with E-state index in [-0.39, 0.29) is 30.4 Å². The van der Waals surface area contributed by atoms with Crippen LogP contribution in [0.4, 0.5) is 25.5 Å². The first kappa shape index (κ1) is 28.8. The first-order valence-electron chi connectivity index (χ1n) is 10.0. The average Bonchev–Trinajstić information content (AvgIpc) is 3.17. The molecule has 1 unspecified atom stereocenters. The molecule has 0 bridgehead atoms. The topological polar surface area (TPSA) is 89.0 Å². The van der Waals surface area contributed by atoms with Crippen LogP contribution in [-0.2, 0) is 14.3 Å². The summed E-state index contributed by atoms with van der Waals surface area (Å²) in [7, 11) is 0. The number of pyridine rings is 1. The monoisotopic (exact) mass is 619 g/mol. The molecule has 0 radical (unpaired) electrons. The fraction of sp³-hybridized carbons (Fsp3) is 0.333. The number of hydrogen-bond acceptors (Lipinski definition) is 6. The van der Waals surface area contributed by atoms with Crippen LogP contribution in [0.15, 0.2) is 42.6 Å². The Morgan fingerprint density at radius 2 is 1.61 bits per heavy atom. The second-order valence-electron chi connectivity index (χ2n) is 7.47. The van der Waals surface area contributed by atoms with Crippen molar-refractivity contribution in [3.63, 3.8) is 0 Å². The molecule has 1 aliphatic rings. The number of alkyl halides is 6. The van der Waals surface area contributed by atoms with Crippen molar-refractivity contribution in [2.24, 2.45) is 0 Å². The van der Waals surface area contributed by atoms with Gasteiger partial charge in [0.25, 0.3) is 0 Å². The normalized spacial score (nSPS) is 16.1. The molecule has 1 fully saturated rings. The quantitative estimate of drug-likeness (QED) is 0.351. The number of halogens is 7. The van der Waals surface area contributed by atoms with E-state index in [1.807, 2.05) is 0 Å². The summed E-state index contributed by atoms with van der Waals surface area (Å²) in [6.45, 7) is -1.27. The van der Waals surface area contributed by atoms with Gasteiger partial charge in [-0.15, -0.1) is 0 Å². The third-order valence-electron chi connectivity index (χ3n) is 4.82. The molecule has 1 aliphatic heterocycles. The molecule has 1 aromatic carbocycles. The number of anilines is 2. The number of aromatic nitrogens is 1. The highest BCUT2D eigenvalue weighted by molar-refractivity contribution is 6.68. The van der Waals surface area contributed by atoms with Crippen LogP contribution in [0, 0.1) is 5.82 Å². The van der Waals surface area contributed by atoms with Crippen LogP contribution in [0.3, 0.4) is 0 Å². The Hall–Kier alpha value is -1.75. The lowest BCUT2D eigenvalue weighted by molar-refractivity contribution is -0.117. The fourth-order valence-corrected chi connectivity index (χ4v) is 3.67. The van der Waals surface area contributed by atoms with Crippen LogP contribution in [0.1, 0.15) is 17.9 Å². The van der Waals surface area contributed by atoms with Crippen molar-refractivity contribution in [2.75, 3.05) is 29.6 Å². The predicted molar refractivity (Wildman–Crippen MR) is 136 cm³/mol. The summed E-state index contributed by atoms with van der Waals surface area (Å²) in [4.78, 5) is 43.9. The maximum atomic E-state index is 14.3. The number of hydrogen-bond donors (Lipinski definition) is 0. The van der Waals surface area contributed by atoms with E-state index in [9.17, 15) is 18.8 Å². The summed E-state index contributed by atoms with van der Waals surface area (Å²) in [5.74, 6) is -1.43. The average molecular weight is 622 g/mol. The Morgan fingerprint density at radius 3 is 2.17 bits per heavy atom. The van der Waals surface area contributed by atoms with Crippen molar-refractivity contribution in [1.29, 1.82) is 0 Å². The summed E-state index contributed by atoms with van der Waals surface area (Å²) in [5.41, 5.74) is 0.673. The van der Waals surface area contributed by atoms with Gasteiger partial charge >= 0.3 is 12.2 Å². The number of carbonyl (C=O) groups is 3. The summed E-state index contributed by atoms with van der Waals surface area (Å²) < 4.78 is 20.1. The molecule has 0 aliphatic carbocycles. The van der Waals surface area contributed by atoms with Gasteiger partial charge in [-0.05, 0) is 17.7 Å². The minimum atomic E-state index is -1.97. The summed E-state index contributed by atoms with van der Waals surface area (Å²) in [6.07, 6.45) is -1.32. The van der Waals surface area contributed by atoms with E-state index in [4.69, 9.17) is 79.1 Å². The van der Waals surface area contributed by atoms with Crippen molar-refractivity contribution in [1.82, 2.24) is 4.98 Å². The lowest BCUT2D eigenvalue weighted by atomic mass is 9.98. The van der Waals surface area contributed by atoms with E-state index < -0.39 is 44.7 Å². The third-order valence-corrected chi connectivity index (χ3v) is 5.48. The van der Waals surface area contributed by atoms with Crippen LogP contribution in [-0.4, -0.2) is 50.4 Å². The maximum absolute atomic E-state index is 14.3. The molecule has 0 N–H and O–H groups in total. The zero-order valence-electron chi connectivity index (χ0n) is 18.0. The molecule has 1 aromatic heterocycles. The lowest BCUT2D eigenvalue weighted by Gasteiger charge is -2.23. The Kier molecular flexibility index (Phi) is 9.41. The molecule has 3 amide bonds. The van der Waals surface area contributed by atoms with Crippen molar-refractivity contribution < 1.29 is 28.2 Å². The maximum Gasteiger partial charge on any atom is 0.425 e. The van der Waals surface area contributed by atoms with Gasteiger partial charge in [0.05, 0.1) is 0 Å². The van der Waals surface area contributed by atoms with E-state index in [1.54, 1.807) is 18.2 Å². The fourth-order valence-electron chi connectivity index (χ4n) is 3.35. The van der Waals surface area contributed by atoms with E-state index in [1.165, 1.54) is 29.3 Å². The first-order chi connectivity index (χ1) is 16.7. The highest BCUT2D eigenvalue weighted by Crippen LogP contribution is 2.34. The van der Waals surface area contributed by atoms with E-state index in [2.05, 4.69) is 4.98 Å². The van der Waals surface area contributed by atoms with Gasteiger partial charge in [0.15, 0.2) is 5.82 Å². The highest BCUT2D eigenvalue weighted by Gasteiger charge is 2.36. The molecule has 2 heterocycles. The zero-order valence-corrected chi connectivity index (χ0v) is 22.5. The number of ether oxygens (including phenoxy) is 2. The Labute approximate surface area is 235 Å². The van der Waals surface area contributed by atoms with Gasteiger partial charge < -0.3 is 14.4 Å². The minimum absolute atomic E-state index is 0.0545. The third kappa shape index (κ3) is 7.87. The summed E-state index contributed by atoms with van der Waals surface area (Å²) in [5, 5.41) is 0. The van der Waals surface area contributed by atoms with Crippen LogP contribution < -0.4 is 9.80 Å². The van der Waals surface area contributed by atoms with Crippen LogP contribution in [0.5, 0.6) is 0 Å². The number of imide groups is 1. The van der Waals surface area contributed by atoms with Crippen molar-refractivity contribution in [3.05, 3.63) is 54.0 Å². The van der Waals surface area contributed by atoms with Gasteiger partial charge in [-0.2, -0.15) is 4.90 Å². The number of amides is 3. The number of carbonyl (C=O) groups excluding carboxylic acids is 3. The van der Waals surface area contributed by atoms with E-state index >= 15 is 0 Å². The highest BCUT2D eigenvalue weighted by atomic mass is 35.6. The van der Waals surface area contributed by atoms with E-state index in [0.29, 0.717) is 10.5 Å². The molecule has 1 atom stereocenters. The van der Waals surface area contributed by atoms with Gasteiger partial charge in [-0.25, -0.2) is 19.0 Å². The van der Waals surface area contributed by atoms with Crippen LogP contribution in [0.2, 0.25) is 0 Å². The molecule has 0 saturated carbocycles. The second kappa shape index (κ2) is 11.8. The van der Waals surface area contributed by atoms with Crippen LogP contribution in [0.25, 0.3) is 0 Å². The molecule has 8 nitrogen and oxygen atoms in total. The molecule has 36 heavy (non-hydrogen) atoms. The van der Waals surface area contributed by atoms with Crippen LogP contribution >= 0.6 is 69.6 Å². The van der Waals surface area contributed by atoms with Gasteiger partial charge in [0.2, 0.25) is 13.5 Å². The Balaban J connectivity index is 1.87. The standard InChI is InChI=1S/C21H16Cl6FN3O5/c22-20(23,24)10-35-18(33)31(19(34)36-11-21(25,26)27)16-8-13(5-6-29-16)30-9-12(7-17(30)32)14-3-1-2-4-15(14)28/h1-6,8,12H,7,9-11H2. The molecule has 194 valence electrons. The molecular weight excluding hydrogens is 606 g/mol. The zero-order chi connectivity index (χ0) is 26.7. The largest absolute Gasteiger partial charge is 0.444 e. The Morgan fingerprint density at radius 1 is 1.03 bits per heavy atom. The van der Waals surface area contributed by atoms with Crippen molar-refractivity contribution in [2.45, 2.75) is 19.9 Å². The van der Waals surface area contributed by atoms with Gasteiger partial charge in [0, 0.05) is 36.8 Å². The molecule has 2 aromatic rings. The van der Waals surface area contributed by atoms with Gasteiger partial charge in [-0.1, -0.05) is 87.8 Å². The van der Waals surface area contributed by atoms with Crippen molar-refractivity contribution in [3.8, 4) is 0 Å². The first-order valence-corrected chi connectivity index (χ1v) is 12.3. The molecular formula is C21H16Cl6FN3O5. The van der Waals surface area contributed by atoms with Crippen molar-refractivity contribution >= 4 is 99.2 Å². The lowest BCUT2D eigenvalue weighted by Crippen LogP contribution is -2.40. The Bertz CT molecular complexity index is 1110. The number of benzene rings is 1. The number of rotatable bonds is 5. The van der Waals surface area contributed by atoms with Gasteiger partial charge in [0.1, 0.15) is 19.0 Å². The minimum Gasteiger partial charge on any atom is -0.444 e. The molecule has 15 heteroatoms. The molecule has 3 rings (SSSR count). The number of nitrogens with zero attached hydrogens (tertiary/aromatic N) is 3. The predicted octanol–water partition coefficient (Wildman–Crippen LogP) is 6.56. The summed E-state index contributed by atoms with van der Waals surface area (Å²) in [6, 6.07) is 8.89. The van der Waals surface area contributed by atoms with Gasteiger partial charge in [-0.3, -0.25) is 4.79 Å². The molecule has 1 saturated heterocycles. The molecule has 0 spiro atoms. The SMILES string of the molecule is O=C1CC(c2ccccc2F)CN1c1ccnc(N(C(=O)OCC(Cl)(Cl)Cl)C(=O)OCC(Cl)(Cl)Cl)c1. The van der Waals surface area contributed by atoms with E-state index in [0.717, 1.165) is 0 Å². The summed E-state index contributed by atoms with van der Waals surface area (Å²) >= 11 is 33.7. The smallest absolute Gasteiger partial charge is 0.425 e. The second-order valence-corrected chi connectivity index (χ2v) is 12.5.